The molecular weight excluding hydrogens is 408 g/mol. The molecule has 1 aliphatic heterocycles. The molecule has 2 N–H and O–H groups in total. The number of aliphatic hydroxyl groups is 2. The van der Waals surface area contributed by atoms with Gasteiger partial charge < -0.3 is 14.9 Å². The SMILES string of the molecule is C[C@H]([C@@H]1CC[C@H](C)[C@@H](O)O1)[C@H]1CC[C@@]2(C)C3=C(CC[C@]12C)[C@@]1(C)CC[C@H](O)C(C)(C)[C@@H]1CC3. The number of aliphatic hydroxyl groups excluding tert-OH is 2. The Morgan fingerprint density at radius 3 is 2.27 bits per heavy atom. The molecule has 0 aromatic heterocycles. The van der Waals surface area contributed by atoms with Gasteiger partial charge in [0.25, 0.3) is 0 Å². The number of hydrogen-bond donors (Lipinski definition) is 2. The van der Waals surface area contributed by atoms with E-state index in [0.29, 0.717) is 23.2 Å². The first-order valence-electron chi connectivity index (χ1n) is 14.1. The predicted molar refractivity (Wildman–Crippen MR) is 133 cm³/mol. The summed E-state index contributed by atoms with van der Waals surface area (Å²) in [7, 11) is 0. The van der Waals surface area contributed by atoms with Gasteiger partial charge in [0, 0.05) is 5.92 Å². The first-order chi connectivity index (χ1) is 15.4. The van der Waals surface area contributed by atoms with Gasteiger partial charge in [-0.05, 0) is 104 Å². The van der Waals surface area contributed by atoms with Gasteiger partial charge in [-0.15, -0.1) is 0 Å². The van der Waals surface area contributed by atoms with E-state index in [0.717, 1.165) is 25.7 Å². The van der Waals surface area contributed by atoms with Gasteiger partial charge in [0.05, 0.1) is 12.2 Å². The van der Waals surface area contributed by atoms with Crippen molar-refractivity contribution in [3.63, 3.8) is 0 Å². The molecule has 1 heterocycles. The van der Waals surface area contributed by atoms with Crippen molar-refractivity contribution in [2.24, 2.45) is 45.3 Å². The Hall–Kier alpha value is -0.380. The number of ether oxygens (including phenoxy) is 1. The smallest absolute Gasteiger partial charge is 0.157 e. The van der Waals surface area contributed by atoms with Crippen LogP contribution in [0, 0.1) is 45.3 Å². The average molecular weight is 459 g/mol. The maximum Gasteiger partial charge on any atom is 0.157 e. The van der Waals surface area contributed by atoms with E-state index in [1.807, 2.05) is 5.57 Å². The Morgan fingerprint density at radius 2 is 1.58 bits per heavy atom. The molecule has 3 nitrogen and oxygen atoms in total. The molecule has 0 unspecified atom stereocenters. The second kappa shape index (κ2) is 7.81. The van der Waals surface area contributed by atoms with Crippen LogP contribution in [0.2, 0.25) is 0 Å². The van der Waals surface area contributed by atoms with Crippen molar-refractivity contribution >= 4 is 0 Å². The minimum Gasteiger partial charge on any atom is -0.393 e. The van der Waals surface area contributed by atoms with Crippen molar-refractivity contribution in [2.75, 3.05) is 0 Å². The van der Waals surface area contributed by atoms with Crippen molar-refractivity contribution in [1.29, 1.82) is 0 Å². The molecular formula is C30H50O3. The van der Waals surface area contributed by atoms with Crippen LogP contribution < -0.4 is 0 Å². The minimum atomic E-state index is -0.590. The number of rotatable bonds is 2. The van der Waals surface area contributed by atoms with Gasteiger partial charge in [0.2, 0.25) is 0 Å². The van der Waals surface area contributed by atoms with Gasteiger partial charge in [0.15, 0.2) is 6.29 Å². The van der Waals surface area contributed by atoms with E-state index in [4.69, 9.17) is 4.74 Å². The van der Waals surface area contributed by atoms with Crippen LogP contribution in [0.15, 0.2) is 11.1 Å². The molecule has 5 rings (SSSR count). The fraction of sp³-hybridized carbons (Fsp3) is 0.933. The van der Waals surface area contributed by atoms with E-state index in [1.54, 1.807) is 5.57 Å². The molecule has 3 heteroatoms. The molecule has 33 heavy (non-hydrogen) atoms. The molecule has 0 radical (unpaired) electrons. The normalized spacial score (nSPS) is 52.6. The highest BCUT2D eigenvalue weighted by Gasteiger charge is 2.63. The second-order valence-corrected chi connectivity index (χ2v) is 14.2. The topological polar surface area (TPSA) is 49.7 Å². The lowest BCUT2D eigenvalue weighted by molar-refractivity contribution is -0.209. The van der Waals surface area contributed by atoms with Crippen molar-refractivity contribution in [3.8, 4) is 0 Å². The Bertz CT molecular complexity index is 815. The lowest BCUT2D eigenvalue weighted by Gasteiger charge is -2.62. The monoisotopic (exact) mass is 458 g/mol. The molecule has 10 atom stereocenters. The molecule has 1 saturated heterocycles. The first kappa shape index (κ1) is 24.3. The summed E-state index contributed by atoms with van der Waals surface area (Å²) < 4.78 is 6.18. The molecule has 0 spiro atoms. The molecule has 0 aromatic rings. The summed E-state index contributed by atoms with van der Waals surface area (Å²) in [6, 6.07) is 0. The van der Waals surface area contributed by atoms with E-state index >= 15 is 0 Å². The maximum absolute atomic E-state index is 10.8. The summed E-state index contributed by atoms with van der Waals surface area (Å²) in [5.41, 5.74) is 4.48. The van der Waals surface area contributed by atoms with E-state index in [2.05, 4.69) is 48.5 Å². The molecule has 4 aliphatic carbocycles. The van der Waals surface area contributed by atoms with Crippen LogP contribution in [-0.2, 0) is 4.74 Å². The highest BCUT2D eigenvalue weighted by Crippen LogP contribution is 2.72. The van der Waals surface area contributed by atoms with Crippen LogP contribution in [0.5, 0.6) is 0 Å². The minimum absolute atomic E-state index is 0.0101. The third kappa shape index (κ3) is 3.23. The number of fused-ring (bicyclic) bond motifs is 4. The molecule has 3 fully saturated rings. The Morgan fingerprint density at radius 1 is 0.848 bits per heavy atom. The summed E-state index contributed by atoms with van der Waals surface area (Å²) in [5.74, 6) is 2.01. The summed E-state index contributed by atoms with van der Waals surface area (Å²) in [5, 5.41) is 21.2. The summed E-state index contributed by atoms with van der Waals surface area (Å²) in [4.78, 5) is 0. The zero-order valence-corrected chi connectivity index (χ0v) is 22.4. The lowest BCUT2D eigenvalue weighted by Crippen LogP contribution is -2.55. The molecule has 0 amide bonds. The van der Waals surface area contributed by atoms with Gasteiger partial charge >= 0.3 is 0 Å². The Kier molecular flexibility index (Phi) is 5.75. The molecule has 2 saturated carbocycles. The Balaban J connectivity index is 1.46. The third-order valence-electron chi connectivity index (χ3n) is 12.7. The summed E-state index contributed by atoms with van der Waals surface area (Å²) in [6.07, 6.45) is 11.3. The van der Waals surface area contributed by atoms with Crippen LogP contribution in [0.25, 0.3) is 0 Å². The Labute approximate surface area is 202 Å². The molecule has 0 aromatic carbocycles. The van der Waals surface area contributed by atoms with Crippen LogP contribution in [0.3, 0.4) is 0 Å². The first-order valence-corrected chi connectivity index (χ1v) is 14.1. The molecule has 0 bridgehead atoms. The van der Waals surface area contributed by atoms with Gasteiger partial charge in [-0.25, -0.2) is 0 Å². The standard InChI is InChI=1S/C30H50O3/c1-18-8-10-23(33-26(18)32)19(2)20-12-16-30(7)22-9-11-24-27(3,4)25(31)14-15-28(24,5)21(22)13-17-29(20,30)6/h18-20,23-26,31-32H,8-17H2,1-7H3/t18-,19-,20+,23-,24-,25-,26-,28+,29+,30-/m0/s1. The maximum atomic E-state index is 10.8. The van der Waals surface area contributed by atoms with E-state index in [1.165, 1.54) is 38.5 Å². The van der Waals surface area contributed by atoms with E-state index < -0.39 is 6.29 Å². The number of hydrogen-bond acceptors (Lipinski definition) is 3. The van der Waals surface area contributed by atoms with Crippen LogP contribution in [0.4, 0.5) is 0 Å². The zero-order valence-electron chi connectivity index (χ0n) is 22.4. The van der Waals surface area contributed by atoms with Gasteiger partial charge in [-0.1, -0.05) is 59.6 Å². The van der Waals surface area contributed by atoms with Gasteiger partial charge in [-0.3, -0.25) is 0 Å². The van der Waals surface area contributed by atoms with E-state index in [-0.39, 0.29) is 34.4 Å². The summed E-state index contributed by atoms with van der Waals surface area (Å²) >= 11 is 0. The van der Waals surface area contributed by atoms with Crippen molar-refractivity contribution in [3.05, 3.63) is 11.1 Å². The molecule has 188 valence electrons. The fourth-order valence-corrected chi connectivity index (χ4v) is 10.2. The highest BCUT2D eigenvalue weighted by molar-refractivity contribution is 5.38. The number of allylic oxidation sites excluding steroid dienone is 2. The van der Waals surface area contributed by atoms with Gasteiger partial charge in [0.1, 0.15) is 0 Å². The van der Waals surface area contributed by atoms with Crippen molar-refractivity contribution in [2.45, 2.75) is 131 Å². The van der Waals surface area contributed by atoms with E-state index in [9.17, 15) is 10.2 Å². The van der Waals surface area contributed by atoms with Crippen molar-refractivity contribution < 1.29 is 14.9 Å². The average Bonchev–Trinajstić information content (AvgIpc) is 3.04. The second-order valence-electron chi connectivity index (χ2n) is 14.2. The molecule has 5 aliphatic rings. The van der Waals surface area contributed by atoms with Crippen LogP contribution >= 0.6 is 0 Å². The fourth-order valence-electron chi connectivity index (χ4n) is 10.2. The zero-order chi connectivity index (χ0) is 24.0. The van der Waals surface area contributed by atoms with Crippen LogP contribution in [0.1, 0.15) is 113 Å². The predicted octanol–water partition coefficient (Wildman–Crippen LogP) is 6.87. The third-order valence-corrected chi connectivity index (χ3v) is 12.7. The lowest BCUT2D eigenvalue weighted by atomic mass is 9.43. The summed E-state index contributed by atoms with van der Waals surface area (Å²) in [6.45, 7) is 17.0. The van der Waals surface area contributed by atoms with Crippen molar-refractivity contribution in [1.82, 2.24) is 0 Å². The van der Waals surface area contributed by atoms with Crippen LogP contribution in [-0.4, -0.2) is 28.7 Å². The quantitative estimate of drug-likeness (QED) is 0.444. The van der Waals surface area contributed by atoms with Gasteiger partial charge in [-0.2, -0.15) is 0 Å². The highest BCUT2D eigenvalue weighted by atomic mass is 16.6. The largest absolute Gasteiger partial charge is 0.393 e.